The van der Waals surface area contributed by atoms with Crippen molar-refractivity contribution in [2.45, 2.75) is 6.92 Å². The fourth-order valence-electron chi connectivity index (χ4n) is 2.90. The van der Waals surface area contributed by atoms with E-state index in [4.69, 9.17) is 0 Å². The largest absolute Gasteiger partial charge is 0.478 e. The molecule has 0 saturated heterocycles. The second-order valence-electron chi connectivity index (χ2n) is 5.35. The van der Waals surface area contributed by atoms with Crippen LogP contribution in [0.3, 0.4) is 0 Å². The molecule has 0 unspecified atom stereocenters. The minimum Gasteiger partial charge on any atom is -0.478 e. The molecule has 120 valence electrons. The van der Waals surface area contributed by atoms with E-state index in [0.29, 0.717) is 21.8 Å². The highest BCUT2D eigenvalue weighted by Crippen LogP contribution is 2.34. The van der Waals surface area contributed by atoms with Crippen molar-refractivity contribution in [3.05, 3.63) is 53.6 Å². The van der Waals surface area contributed by atoms with Crippen molar-refractivity contribution >= 4 is 45.1 Å². The molecule has 0 fully saturated rings. The Labute approximate surface area is 136 Å². The van der Waals surface area contributed by atoms with Gasteiger partial charge in [-0.3, -0.25) is 4.79 Å². The van der Waals surface area contributed by atoms with Crippen LogP contribution in [-0.4, -0.2) is 28.1 Å². The standard InChI is InChI=1S/C18H13NO5/c1-9(20)19-14-7-3-5-11-13(14)8-10-4-2-6-12(17(21)22)15(10)16(11)18(23)24/h2-8H,1H3,(H,19,20)(H,21,22)(H,23,24). The Kier molecular flexibility index (Phi) is 3.65. The lowest BCUT2D eigenvalue weighted by atomic mass is 9.93. The first-order valence-corrected chi connectivity index (χ1v) is 7.12. The van der Waals surface area contributed by atoms with Crippen molar-refractivity contribution in [2.75, 3.05) is 5.32 Å². The Morgan fingerprint density at radius 3 is 2.25 bits per heavy atom. The summed E-state index contributed by atoms with van der Waals surface area (Å²) in [6, 6.07) is 11.2. The van der Waals surface area contributed by atoms with Gasteiger partial charge < -0.3 is 15.5 Å². The second kappa shape index (κ2) is 5.66. The minimum absolute atomic E-state index is 0.0725. The normalized spacial score (nSPS) is 10.7. The van der Waals surface area contributed by atoms with E-state index in [-0.39, 0.29) is 22.4 Å². The molecule has 0 aliphatic rings. The van der Waals surface area contributed by atoms with Crippen LogP contribution >= 0.6 is 0 Å². The first-order valence-electron chi connectivity index (χ1n) is 7.12. The van der Waals surface area contributed by atoms with Gasteiger partial charge in [-0.1, -0.05) is 24.3 Å². The van der Waals surface area contributed by atoms with Gasteiger partial charge in [0, 0.05) is 23.4 Å². The van der Waals surface area contributed by atoms with Gasteiger partial charge in [0.1, 0.15) is 0 Å². The SMILES string of the molecule is CC(=O)Nc1cccc2c(C(=O)O)c3c(C(=O)O)cccc3cc12. The van der Waals surface area contributed by atoms with Crippen LogP contribution in [-0.2, 0) is 4.79 Å². The van der Waals surface area contributed by atoms with Gasteiger partial charge in [0.25, 0.3) is 0 Å². The van der Waals surface area contributed by atoms with E-state index in [1.54, 1.807) is 36.4 Å². The van der Waals surface area contributed by atoms with Crippen molar-refractivity contribution in [3.8, 4) is 0 Å². The van der Waals surface area contributed by atoms with Crippen molar-refractivity contribution in [1.82, 2.24) is 0 Å². The van der Waals surface area contributed by atoms with E-state index in [2.05, 4.69) is 5.32 Å². The van der Waals surface area contributed by atoms with E-state index in [9.17, 15) is 24.6 Å². The van der Waals surface area contributed by atoms with Crippen molar-refractivity contribution in [1.29, 1.82) is 0 Å². The molecule has 0 heterocycles. The van der Waals surface area contributed by atoms with Crippen LogP contribution in [0, 0.1) is 0 Å². The number of carbonyl (C=O) groups is 3. The Balaban J connectivity index is 2.53. The van der Waals surface area contributed by atoms with Gasteiger partial charge in [0.15, 0.2) is 0 Å². The Morgan fingerprint density at radius 1 is 0.917 bits per heavy atom. The third kappa shape index (κ3) is 2.44. The monoisotopic (exact) mass is 323 g/mol. The fourth-order valence-corrected chi connectivity index (χ4v) is 2.90. The first-order chi connectivity index (χ1) is 11.4. The van der Waals surface area contributed by atoms with E-state index in [1.807, 2.05) is 0 Å². The number of nitrogens with one attached hydrogen (secondary N) is 1. The quantitative estimate of drug-likeness (QED) is 0.641. The van der Waals surface area contributed by atoms with Gasteiger partial charge in [-0.05, 0) is 29.0 Å². The van der Waals surface area contributed by atoms with Crippen LogP contribution in [0.4, 0.5) is 5.69 Å². The van der Waals surface area contributed by atoms with Gasteiger partial charge in [-0.15, -0.1) is 0 Å². The van der Waals surface area contributed by atoms with Crippen LogP contribution in [0.15, 0.2) is 42.5 Å². The molecule has 3 aromatic rings. The topological polar surface area (TPSA) is 104 Å². The summed E-state index contributed by atoms with van der Waals surface area (Å²) in [7, 11) is 0. The van der Waals surface area contributed by atoms with Crippen molar-refractivity contribution < 1.29 is 24.6 Å². The molecule has 6 nitrogen and oxygen atoms in total. The molecule has 24 heavy (non-hydrogen) atoms. The molecule has 0 aliphatic carbocycles. The molecule has 6 heteroatoms. The Morgan fingerprint density at radius 2 is 1.62 bits per heavy atom. The number of fused-ring (bicyclic) bond motifs is 2. The van der Waals surface area contributed by atoms with Gasteiger partial charge in [-0.2, -0.15) is 0 Å². The summed E-state index contributed by atoms with van der Waals surface area (Å²) in [4.78, 5) is 34.7. The summed E-state index contributed by atoms with van der Waals surface area (Å²) in [5.41, 5.74) is 0.314. The average molecular weight is 323 g/mol. The number of hydrogen-bond acceptors (Lipinski definition) is 3. The predicted octanol–water partition coefficient (Wildman–Crippen LogP) is 3.35. The number of amides is 1. The average Bonchev–Trinajstić information content (AvgIpc) is 2.51. The zero-order valence-corrected chi connectivity index (χ0v) is 12.7. The minimum atomic E-state index is -1.22. The molecule has 0 spiro atoms. The van der Waals surface area contributed by atoms with E-state index in [0.717, 1.165) is 0 Å². The number of carboxylic acids is 2. The molecular weight excluding hydrogens is 310 g/mol. The number of hydrogen-bond donors (Lipinski definition) is 3. The Bertz CT molecular complexity index is 1020. The lowest BCUT2D eigenvalue weighted by molar-refractivity contribution is -0.114. The first kappa shape index (κ1) is 15.5. The summed E-state index contributed by atoms with van der Waals surface area (Å²) >= 11 is 0. The maximum Gasteiger partial charge on any atom is 0.336 e. The maximum absolute atomic E-state index is 11.9. The van der Waals surface area contributed by atoms with Gasteiger partial charge in [0.2, 0.25) is 5.91 Å². The van der Waals surface area contributed by atoms with E-state index < -0.39 is 11.9 Å². The molecule has 3 aromatic carbocycles. The highest BCUT2D eigenvalue weighted by Gasteiger charge is 2.20. The number of carbonyl (C=O) groups excluding carboxylic acids is 1. The summed E-state index contributed by atoms with van der Waals surface area (Å²) < 4.78 is 0. The zero-order chi connectivity index (χ0) is 17.4. The number of benzene rings is 3. The lowest BCUT2D eigenvalue weighted by Crippen LogP contribution is -2.08. The smallest absolute Gasteiger partial charge is 0.336 e. The molecule has 0 bridgehead atoms. The van der Waals surface area contributed by atoms with Gasteiger partial charge in [-0.25, -0.2) is 9.59 Å². The molecule has 3 N–H and O–H groups in total. The Hall–Kier alpha value is -3.41. The molecular formula is C18H13NO5. The van der Waals surface area contributed by atoms with E-state index >= 15 is 0 Å². The van der Waals surface area contributed by atoms with Crippen molar-refractivity contribution in [2.24, 2.45) is 0 Å². The summed E-state index contributed by atoms with van der Waals surface area (Å²) in [6.45, 7) is 1.36. The van der Waals surface area contributed by atoms with Crippen LogP contribution in [0.25, 0.3) is 21.5 Å². The number of rotatable bonds is 3. The summed E-state index contributed by atoms with van der Waals surface area (Å²) in [5, 5.41) is 23.3. The van der Waals surface area contributed by atoms with Crippen LogP contribution in [0.5, 0.6) is 0 Å². The van der Waals surface area contributed by atoms with Gasteiger partial charge in [0.05, 0.1) is 11.1 Å². The third-order valence-electron chi connectivity index (χ3n) is 3.78. The molecule has 0 radical (unpaired) electrons. The zero-order valence-electron chi connectivity index (χ0n) is 12.7. The third-order valence-corrected chi connectivity index (χ3v) is 3.78. The number of carboxylic acid groups (broad SMARTS) is 2. The lowest BCUT2D eigenvalue weighted by Gasteiger charge is -2.13. The molecule has 0 atom stereocenters. The highest BCUT2D eigenvalue weighted by molar-refractivity contribution is 6.22. The van der Waals surface area contributed by atoms with Crippen molar-refractivity contribution in [3.63, 3.8) is 0 Å². The highest BCUT2D eigenvalue weighted by atomic mass is 16.4. The predicted molar refractivity (Wildman–Crippen MR) is 89.7 cm³/mol. The van der Waals surface area contributed by atoms with Crippen LogP contribution < -0.4 is 5.32 Å². The summed E-state index contributed by atoms with van der Waals surface area (Å²) in [5.74, 6) is -2.70. The van der Waals surface area contributed by atoms with Crippen LogP contribution in [0.2, 0.25) is 0 Å². The fraction of sp³-hybridized carbons (Fsp3) is 0.0556. The molecule has 1 amide bonds. The summed E-state index contributed by atoms with van der Waals surface area (Å²) in [6.07, 6.45) is 0. The molecule has 0 aliphatic heterocycles. The second-order valence-corrected chi connectivity index (χ2v) is 5.35. The van der Waals surface area contributed by atoms with Gasteiger partial charge >= 0.3 is 11.9 Å². The molecule has 0 saturated carbocycles. The maximum atomic E-state index is 11.9. The number of aromatic carboxylic acids is 2. The van der Waals surface area contributed by atoms with E-state index in [1.165, 1.54) is 13.0 Å². The van der Waals surface area contributed by atoms with Crippen LogP contribution in [0.1, 0.15) is 27.6 Å². The molecule has 0 aromatic heterocycles. The number of anilines is 1. The molecule has 3 rings (SSSR count).